The molecule has 0 fully saturated rings. The molecule has 0 radical (unpaired) electrons. The van der Waals surface area contributed by atoms with Crippen molar-refractivity contribution in [1.29, 1.82) is 0 Å². The normalized spacial score (nSPS) is 10.3. The Balaban J connectivity index is 2.26. The number of nitrogen functional groups attached to an aromatic ring is 1. The molecule has 1 aromatic heterocycles. The Morgan fingerprint density at radius 3 is 2.70 bits per heavy atom. The second-order valence-corrected chi connectivity index (χ2v) is 5.35. The first-order valence-corrected chi connectivity index (χ1v) is 7.16. The summed E-state index contributed by atoms with van der Waals surface area (Å²) in [6.45, 7) is 2.05. The minimum atomic E-state index is -0.439. The van der Waals surface area contributed by atoms with Crippen LogP contribution in [-0.4, -0.2) is 17.6 Å². The Kier molecular flexibility index (Phi) is 4.87. The highest BCUT2D eigenvalue weighted by Gasteiger charge is 2.15. The van der Waals surface area contributed by atoms with E-state index in [4.69, 9.17) is 22.1 Å². The zero-order valence-corrected chi connectivity index (χ0v) is 12.4. The lowest BCUT2D eigenvalue weighted by Gasteiger charge is -2.09. The van der Waals surface area contributed by atoms with Crippen LogP contribution >= 0.6 is 23.4 Å². The van der Waals surface area contributed by atoms with Gasteiger partial charge in [-0.3, -0.25) is 0 Å². The lowest BCUT2D eigenvalue weighted by Crippen LogP contribution is -2.09. The molecule has 104 valence electrons. The average Bonchev–Trinajstić information content (AvgIpc) is 2.44. The van der Waals surface area contributed by atoms with Crippen LogP contribution in [0.4, 0.5) is 5.69 Å². The molecule has 0 bridgehead atoms. The molecule has 0 saturated carbocycles. The van der Waals surface area contributed by atoms with Crippen molar-refractivity contribution in [1.82, 2.24) is 4.98 Å². The van der Waals surface area contributed by atoms with Crippen LogP contribution in [0.1, 0.15) is 17.3 Å². The molecular weight excluding hydrogens is 296 g/mol. The molecule has 4 nitrogen and oxygen atoms in total. The summed E-state index contributed by atoms with van der Waals surface area (Å²) in [6.07, 6.45) is 1.54. The quantitative estimate of drug-likeness (QED) is 0.873. The number of carbonyl (C=O) groups is 1. The number of nitrogens with two attached hydrogens (primary N) is 1. The fraction of sp³-hybridized carbons (Fsp3) is 0.143. The summed E-state index contributed by atoms with van der Waals surface area (Å²) in [7, 11) is 0. The maximum Gasteiger partial charge on any atom is 0.340 e. The van der Waals surface area contributed by atoms with E-state index in [1.807, 2.05) is 12.1 Å². The van der Waals surface area contributed by atoms with E-state index < -0.39 is 5.97 Å². The summed E-state index contributed by atoms with van der Waals surface area (Å²) in [4.78, 5) is 16.9. The molecule has 2 aromatic rings. The fourth-order valence-electron chi connectivity index (χ4n) is 1.54. The van der Waals surface area contributed by atoms with E-state index in [-0.39, 0.29) is 0 Å². The summed E-state index contributed by atoms with van der Waals surface area (Å²) in [6, 6.07) is 8.86. The predicted molar refractivity (Wildman–Crippen MR) is 80.2 cm³/mol. The molecule has 0 atom stereocenters. The van der Waals surface area contributed by atoms with E-state index in [9.17, 15) is 4.79 Å². The first kappa shape index (κ1) is 14.7. The van der Waals surface area contributed by atoms with Crippen LogP contribution in [0.25, 0.3) is 0 Å². The minimum Gasteiger partial charge on any atom is -0.462 e. The Hall–Kier alpha value is -1.72. The van der Waals surface area contributed by atoms with Gasteiger partial charge in [-0.05, 0) is 37.3 Å². The van der Waals surface area contributed by atoms with Crippen molar-refractivity contribution >= 4 is 35.0 Å². The standard InChI is InChI=1S/C14H13ClN2O2S/c1-2-19-14(18)11-7-8-17-13(12(11)16)20-10-5-3-9(15)4-6-10/h3-8H,2,16H2,1H3. The van der Waals surface area contributed by atoms with Crippen molar-refractivity contribution in [3.05, 3.63) is 47.1 Å². The molecule has 0 aliphatic carbocycles. The monoisotopic (exact) mass is 308 g/mol. The van der Waals surface area contributed by atoms with Gasteiger partial charge in [0, 0.05) is 16.1 Å². The maximum atomic E-state index is 11.8. The fourth-order valence-corrected chi connectivity index (χ4v) is 2.49. The van der Waals surface area contributed by atoms with Gasteiger partial charge in [0.05, 0.1) is 17.9 Å². The largest absolute Gasteiger partial charge is 0.462 e. The Morgan fingerprint density at radius 2 is 2.05 bits per heavy atom. The summed E-state index contributed by atoms with van der Waals surface area (Å²) in [5, 5.41) is 1.23. The van der Waals surface area contributed by atoms with Crippen molar-refractivity contribution < 1.29 is 9.53 Å². The van der Waals surface area contributed by atoms with Crippen LogP contribution in [-0.2, 0) is 4.74 Å². The van der Waals surface area contributed by atoms with Crippen molar-refractivity contribution in [2.24, 2.45) is 0 Å². The van der Waals surface area contributed by atoms with Gasteiger partial charge in [-0.15, -0.1) is 0 Å². The molecule has 0 unspecified atom stereocenters. The second kappa shape index (κ2) is 6.63. The molecule has 6 heteroatoms. The van der Waals surface area contributed by atoms with E-state index in [0.717, 1.165) is 4.90 Å². The third-order valence-corrected chi connectivity index (χ3v) is 3.76. The number of pyridine rings is 1. The van der Waals surface area contributed by atoms with Gasteiger partial charge in [0.15, 0.2) is 0 Å². The van der Waals surface area contributed by atoms with Gasteiger partial charge in [-0.25, -0.2) is 9.78 Å². The first-order valence-electron chi connectivity index (χ1n) is 5.97. The molecule has 20 heavy (non-hydrogen) atoms. The Bertz CT molecular complexity index is 617. The zero-order chi connectivity index (χ0) is 14.5. The number of esters is 1. The molecule has 0 aliphatic rings. The van der Waals surface area contributed by atoms with E-state index in [1.54, 1.807) is 31.3 Å². The molecule has 2 rings (SSSR count). The van der Waals surface area contributed by atoms with Gasteiger partial charge in [0.2, 0.25) is 0 Å². The van der Waals surface area contributed by atoms with Gasteiger partial charge in [0.25, 0.3) is 0 Å². The van der Waals surface area contributed by atoms with Crippen LogP contribution < -0.4 is 5.73 Å². The van der Waals surface area contributed by atoms with Crippen molar-refractivity contribution in [2.45, 2.75) is 16.8 Å². The number of anilines is 1. The van der Waals surface area contributed by atoms with E-state index in [0.29, 0.717) is 27.9 Å². The average molecular weight is 309 g/mol. The van der Waals surface area contributed by atoms with E-state index >= 15 is 0 Å². The maximum absolute atomic E-state index is 11.8. The number of ether oxygens (including phenoxy) is 1. The minimum absolute atomic E-state index is 0.306. The molecule has 2 N–H and O–H groups in total. The van der Waals surface area contributed by atoms with Crippen LogP contribution in [0.5, 0.6) is 0 Å². The third kappa shape index (κ3) is 3.43. The SMILES string of the molecule is CCOC(=O)c1ccnc(Sc2ccc(Cl)cc2)c1N. The number of carbonyl (C=O) groups excluding carboxylic acids is 1. The topological polar surface area (TPSA) is 65.2 Å². The lowest BCUT2D eigenvalue weighted by molar-refractivity contribution is 0.0527. The van der Waals surface area contributed by atoms with Gasteiger partial charge in [-0.2, -0.15) is 0 Å². The van der Waals surface area contributed by atoms with E-state index in [2.05, 4.69) is 4.98 Å². The summed E-state index contributed by atoms with van der Waals surface area (Å²) in [5.41, 5.74) is 6.64. The van der Waals surface area contributed by atoms with E-state index in [1.165, 1.54) is 11.8 Å². The molecule has 1 aromatic carbocycles. The number of hydrogen-bond donors (Lipinski definition) is 1. The lowest BCUT2D eigenvalue weighted by atomic mass is 10.2. The smallest absolute Gasteiger partial charge is 0.340 e. The number of halogens is 1. The number of nitrogens with zero attached hydrogens (tertiary/aromatic N) is 1. The highest BCUT2D eigenvalue weighted by atomic mass is 35.5. The van der Waals surface area contributed by atoms with Crippen molar-refractivity contribution in [3.63, 3.8) is 0 Å². The molecule has 0 saturated heterocycles. The highest BCUT2D eigenvalue weighted by molar-refractivity contribution is 7.99. The van der Waals surface area contributed by atoms with Gasteiger partial charge < -0.3 is 10.5 Å². The number of hydrogen-bond acceptors (Lipinski definition) is 5. The highest BCUT2D eigenvalue weighted by Crippen LogP contribution is 2.32. The number of benzene rings is 1. The van der Waals surface area contributed by atoms with Crippen LogP contribution in [0.2, 0.25) is 5.02 Å². The molecule has 0 aliphatic heterocycles. The first-order chi connectivity index (χ1) is 9.61. The Morgan fingerprint density at radius 1 is 1.35 bits per heavy atom. The zero-order valence-electron chi connectivity index (χ0n) is 10.8. The summed E-state index contributed by atoms with van der Waals surface area (Å²) in [5.74, 6) is -0.439. The second-order valence-electron chi connectivity index (χ2n) is 3.85. The molecule has 0 spiro atoms. The van der Waals surface area contributed by atoms with Crippen molar-refractivity contribution in [2.75, 3.05) is 12.3 Å². The predicted octanol–water partition coefficient (Wildman–Crippen LogP) is 3.65. The van der Waals surface area contributed by atoms with Gasteiger partial charge >= 0.3 is 5.97 Å². The summed E-state index contributed by atoms with van der Waals surface area (Å²) >= 11 is 7.21. The molecule has 0 amide bonds. The van der Waals surface area contributed by atoms with Crippen molar-refractivity contribution in [3.8, 4) is 0 Å². The Labute approximate surface area is 126 Å². The van der Waals surface area contributed by atoms with Gasteiger partial charge in [0.1, 0.15) is 5.03 Å². The number of rotatable bonds is 4. The molecular formula is C14H13ClN2O2S. The van der Waals surface area contributed by atoms with Crippen LogP contribution in [0.3, 0.4) is 0 Å². The van der Waals surface area contributed by atoms with Crippen LogP contribution in [0, 0.1) is 0 Å². The number of aromatic nitrogens is 1. The van der Waals surface area contributed by atoms with Crippen LogP contribution in [0.15, 0.2) is 46.5 Å². The van der Waals surface area contributed by atoms with Gasteiger partial charge in [-0.1, -0.05) is 23.4 Å². The summed E-state index contributed by atoms with van der Waals surface area (Å²) < 4.78 is 4.96. The third-order valence-electron chi connectivity index (χ3n) is 2.48. The molecule has 1 heterocycles.